The lowest BCUT2D eigenvalue weighted by Crippen LogP contribution is -2.22. The molecular formula is C19H15ClFN3O3S. The van der Waals surface area contributed by atoms with Gasteiger partial charge in [0.25, 0.3) is 0 Å². The van der Waals surface area contributed by atoms with Gasteiger partial charge in [0.1, 0.15) is 23.8 Å². The maximum absolute atomic E-state index is 13.5. The van der Waals surface area contributed by atoms with E-state index in [2.05, 4.69) is 22.7 Å². The maximum Gasteiger partial charge on any atom is 0.364 e. The molecule has 2 heterocycles. The van der Waals surface area contributed by atoms with Gasteiger partial charge in [-0.15, -0.1) is 0 Å². The average Bonchev–Trinajstić information content (AvgIpc) is 3.22. The average molecular weight is 420 g/mol. The van der Waals surface area contributed by atoms with Crippen LogP contribution in [-0.4, -0.2) is 20.1 Å². The summed E-state index contributed by atoms with van der Waals surface area (Å²) in [7, 11) is 0. The van der Waals surface area contributed by atoms with Crippen LogP contribution in [0.25, 0.3) is 0 Å². The highest BCUT2D eigenvalue weighted by Gasteiger charge is 2.59. The van der Waals surface area contributed by atoms with Crippen molar-refractivity contribution < 1.29 is 18.7 Å². The van der Waals surface area contributed by atoms with Gasteiger partial charge in [-0.2, -0.15) is 5.10 Å². The number of carbonyl (C=O) groups excluding carboxylic acids is 1. The summed E-state index contributed by atoms with van der Waals surface area (Å²) >= 11 is 9.94. The molecule has 0 aliphatic carbocycles. The Bertz CT molecular complexity index is 1010. The number of aromatic nitrogens is 3. The molecule has 0 amide bonds. The molecule has 0 radical (unpaired) electrons. The second-order valence-corrected chi connectivity index (χ2v) is 7.08. The lowest BCUT2D eigenvalue weighted by atomic mass is 9.91. The maximum atomic E-state index is 13.5. The SMILES string of the molecule is O=C(S)OCc1ncnn1CC1(c2ccc(F)cc2)OC1c1ccccc1Cl. The number of carbonyl (C=O) groups is 1. The van der Waals surface area contributed by atoms with Crippen molar-refractivity contribution in [3.05, 3.63) is 82.6 Å². The van der Waals surface area contributed by atoms with Crippen LogP contribution in [0.4, 0.5) is 9.18 Å². The van der Waals surface area contributed by atoms with E-state index < -0.39 is 10.9 Å². The molecule has 6 nitrogen and oxygen atoms in total. The number of ether oxygens (including phenoxy) is 2. The molecule has 1 saturated heterocycles. The Morgan fingerprint density at radius 1 is 1.29 bits per heavy atom. The zero-order valence-corrected chi connectivity index (χ0v) is 16.1. The van der Waals surface area contributed by atoms with E-state index in [0.717, 1.165) is 11.1 Å². The van der Waals surface area contributed by atoms with Crippen LogP contribution in [-0.2, 0) is 28.2 Å². The molecule has 3 aromatic rings. The summed E-state index contributed by atoms with van der Waals surface area (Å²) in [5, 5.41) is 4.09. The van der Waals surface area contributed by atoms with Gasteiger partial charge in [-0.3, -0.25) is 0 Å². The van der Waals surface area contributed by atoms with Crippen LogP contribution < -0.4 is 0 Å². The molecule has 0 spiro atoms. The molecule has 9 heteroatoms. The smallest absolute Gasteiger partial charge is 0.364 e. The van der Waals surface area contributed by atoms with Gasteiger partial charge in [0.15, 0.2) is 12.4 Å². The fourth-order valence-electron chi connectivity index (χ4n) is 3.22. The number of hydrogen-bond acceptors (Lipinski definition) is 5. The van der Waals surface area contributed by atoms with E-state index >= 15 is 0 Å². The van der Waals surface area contributed by atoms with Gasteiger partial charge in [-0.05, 0) is 23.8 Å². The number of epoxide rings is 1. The Morgan fingerprint density at radius 2 is 2.04 bits per heavy atom. The summed E-state index contributed by atoms with van der Waals surface area (Å²) in [5.41, 5.74) is 0.815. The van der Waals surface area contributed by atoms with Crippen LogP contribution >= 0.6 is 24.2 Å². The third-order valence-corrected chi connectivity index (χ3v) is 5.09. The zero-order valence-electron chi connectivity index (χ0n) is 14.5. The first-order valence-corrected chi connectivity index (χ1v) is 9.23. The highest BCUT2D eigenvalue weighted by molar-refractivity contribution is 7.96. The third-order valence-electron chi connectivity index (χ3n) is 4.62. The zero-order chi connectivity index (χ0) is 19.7. The molecule has 1 aliphatic heterocycles. The minimum Gasteiger partial charge on any atom is -0.450 e. The van der Waals surface area contributed by atoms with Crippen molar-refractivity contribution in [3.8, 4) is 0 Å². The first kappa shape index (κ1) is 18.9. The Labute approximate surface area is 170 Å². The van der Waals surface area contributed by atoms with Crippen molar-refractivity contribution in [2.75, 3.05) is 0 Å². The fraction of sp³-hybridized carbons (Fsp3) is 0.211. The van der Waals surface area contributed by atoms with Gasteiger partial charge in [0, 0.05) is 10.6 Å². The lowest BCUT2D eigenvalue weighted by molar-refractivity contribution is 0.162. The summed E-state index contributed by atoms with van der Waals surface area (Å²) in [6, 6.07) is 13.5. The number of halogens is 2. The van der Waals surface area contributed by atoms with Crippen LogP contribution in [0.15, 0.2) is 54.9 Å². The van der Waals surface area contributed by atoms with E-state index in [1.165, 1.54) is 18.5 Å². The minimum absolute atomic E-state index is 0.0708. The highest BCUT2D eigenvalue weighted by Crippen LogP contribution is 2.59. The Morgan fingerprint density at radius 3 is 2.75 bits per heavy atom. The van der Waals surface area contributed by atoms with Crippen molar-refractivity contribution >= 4 is 29.5 Å². The molecule has 28 heavy (non-hydrogen) atoms. The molecule has 1 fully saturated rings. The van der Waals surface area contributed by atoms with Gasteiger partial charge >= 0.3 is 5.30 Å². The van der Waals surface area contributed by atoms with Crippen LogP contribution in [0, 0.1) is 5.82 Å². The van der Waals surface area contributed by atoms with Crippen molar-refractivity contribution in [2.45, 2.75) is 24.9 Å². The molecule has 144 valence electrons. The van der Waals surface area contributed by atoms with Crippen molar-refractivity contribution in [2.24, 2.45) is 0 Å². The summed E-state index contributed by atoms with van der Waals surface area (Å²) in [6.45, 7) is 0.215. The van der Waals surface area contributed by atoms with Crippen LogP contribution in [0.1, 0.15) is 23.1 Å². The van der Waals surface area contributed by atoms with E-state index in [-0.39, 0.29) is 25.1 Å². The second kappa shape index (κ2) is 7.54. The second-order valence-electron chi connectivity index (χ2n) is 6.30. The Kier molecular flexibility index (Phi) is 5.09. The van der Waals surface area contributed by atoms with E-state index in [0.29, 0.717) is 10.8 Å². The van der Waals surface area contributed by atoms with E-state index in [1.807, 2.05) is 18.2 Å². The third kappa shape index (κ3) is 3.63. The van der Waals surface area contributed by atoms with Crippen LogP contribution in [0.3, 0.4) is 0 Å². The number of benzene rings is 2. The molecule has 1 aromatic heterocycles. The van der Waals surface area contributed by atoms with Crippen molar-refractivity contribution in [1.82, 2.24) is 14.8 Å². The topological polar surface area (TPSA) is 69.5 Å². The molecular weight excluding hydrogens is 405 g/mol. The number of rotatable bonds is 6. The molecule has 2 aromatic carbocycles. The van der Waals surface area contributed by atoms with Crippen LogP contribution in [0.2, 0.25) is 5.02 Å². The van der Waals surface area contributed by atoms with Crippen LogP contribution in [0.5, 0.6) is 0 Å². The Hall–Kier alpha value is -2.42. The predicted molar refractivity (Wildman–Crippen MR) is 103 cm³/mol. The predicted octanol–water partition coefficient (Wildman–Crippen LogP) is 4.30. The normalized spacial score (nSPS) is 20.8. The highest BCUT2D eigenvalue weighted by atomic mass is 35.5. The number of hydrogen-bond donors (Lipinski definition) is 1. The Balaban J connectivity index is 1.68. The summed E-state index contributed by atoms with van der Waals surface area (Å²) in [6.07, 6.45) is 1.03. The molecule has 1 aliphatic rings. The van der Waals surface area contributed by atoms with Gasteiger partial charge in [0.2, 0.25) is 0 Å². The number of thiol groups is 1. The minimum atomic E-state index is -0.799. The van der Waals surface area contributed by atoms with Gasteiger partial charge in [0.05, 0.1) is 6.54 Å². The first-order valence-electron chi connectivity index (χ1n) is 8.40. The number of nitrogens with zero attached hydrogens (tertiary/aromatic N) is 3. The first-order chi connectivity index (χ1) is 13.5. The van der Waals surface area contributed by atoms with Gasteiger partial charge in [-0.1, -0.05) is 54.6 Å². The molecule has 2 atom stereocenters. The summed E-state index contributed by atoms with van der Waals surface area (Å²) in [4.78, 5) is 15.1. The largest absolute Gasteiger partial charge is 0.450 e. The standard InChI is InChI=1S/C19H15ClFN3O3S/c20-15-4-2-1-3-14(15)17-19(27-17,12-5-7-13(21)8-6-12)10-24-16(22-11-23-24)9-26-18(25)28/h1-8,11,17H,9-10H2,(H,25,28). The molecule has 4 rings (SSSR count). The quantitative estimate of drug-likeness (QED) is 0.366. The van der Waals surface area contributed by atoms with E-state index in [9.17, 15) is 9.18 Å². The molecule has 0 saturated carbocycles. The molecule has 2 unspecified atom stereocenters. The van der Waals surface area contributed by atoms with Crippen molar-refractivity contribution in [1.29, 1.82) is 0 Å². The monoisotopic (exact) mass is 419 g/mol. The van der Waals surface area contributed by atoms with Gasteiger partial charge in [-0.25, -0.2) is 18.9 Å². The van der Waals surface area contributed by atoms with Crippen molar-refractivity contribution in [3.63, 3.8) is 0 Å². The lowest BCUT2D eigenvalue weighted by Gasteiger charge is -2.16. The van der Waals surface area contributed by atoms with E-state index in [1.54, 1.807) is 22.9 Å². The van der Waals surface area contributed by atoms with Gasteiger partial charge < -0.3 is 9.47 Å². The molecule has 0 N–H and O–H groups in total. The fourth-order valence-corrected chi connectivity index (χ4v) is 3.52. The summed E-state index contributed by atoms with van der Waals surface area (Å²) in [5.74, 6) is 0.105. The van der Waals surface area contributed by atoms with E-state index in [4.69, 9.17) is 21.1 Å². The summed E-state index contributed by atoms with van der Waals surface area (Å²) < 4.78 is 26.1. The molecule has 0 bridgehead atoms.